The van der Waals surface area contributed by atoms with Crippen LogP contribution in [-0.4, -0.2) is 18.1 Å². The Morgan fingerprint density at radius 3 is 2.60 bits per heavy atom. The monoisotopic (exact) mass is 289 g/mol. The summed E-state index contributed by atoms with van der Waals surface area (Å²) in [6.45, 7) is 2.44. The number of anilines is 1. The van der Waals surface area contributed by atoms with Gasteiger partial charge in [-0.05, 0) is 30.7 Å². The minimum absolute atomic E-state index is 0.305. The van der Waals surface area contributed by atoms with Gasteiger partial charge in [-0.3, -0.25) is 0 Å². The molecule has 0 saturated heterocycles. The first-order valence-corrected chi connectivity index (χ1v) is 6.65. The third-order valence-electron chi connectivity index (χ3n) is 3.16. The van der Waals surface area contributed by atoms with E-state index in [1.54, 1.807) is 6.07 Å². The van der Waals surface area contributed by atoms with Crippen LogP contribution in [0.15, 0.2) is 42.5 Å². The zero-order valence-electron chi connectivity index (χ0n) is 11.4. The molecule has 0 heterocycles. The van der Waals surface area contributed by atoms with Crippen LogP contribution in [0.25, 0.3) is 0 Å². The van der Waals surface area contributed by atoms with E-state index in [0.717, 1.165) is 11.1 Å². The largest absolute Gasteiger partial charge is 0.478 e. The van der Waals surface area contributed by atoms with Crippen LogP contribution in [0.2, 0.25) is 5.02 Å². The molecule has 0 aliphatic heterocycles. The predicted molar refractivity (Wildman–Crippen MR) is 81.7 cm³/mol. The molecule has 2 rings (SSSR count). The Hall–Kier alpha value is -2.00. The number of carboxylic acids is 1. The molecule has 1 N–H and O–H groups in total. The van der Waals surface area contributed by atoms with E-state index in [9.17, 15) is 9.90 Å². The van der Waals surface area contributed by atoms with E-state index in [-0.39, 0.29) is 0 Å². The molecule has 0 bridgehead atoms. The van der Waals surface area contributed by atoms with Gasteiger partial charge in [-0.1, -0.05) is 41.4 Å². The molecule has 4 heteroatoms. The molecule has 104 valence electrons. The second-order valence-electron chi connectivity index (χ2n) is 4.77. The van der Waals surface area contributed by atoms with E-state index >= 15 is 0 Å². The van der Waals surface area contributed by atoms with Crippen LogP contribution in [0.1, 0.15) is 21.5 Å². The van der Waals surface area contributed by atoms with E-state index in [0.29, 0.717) is 22.8 Å². The van der Waals surface area contributed by atoms with Crippen LogP contribution >= 0.6 is 11.6 Å². The van der Waals surface area contributed by atoms with Gasteiger partial charge in [-0.25, -0.2) is 4.79 Å². The van der Waals surface area contributed by atoms with Crippen molar-refractivity contribution in [2.24, 2.45) is 0 Å². The number of carboxylic acid groups (broad SMARTS) is 1. The first kappa shape index (κ1) is 14.4. The van der Waals surface area contributed by atoms with Gasteiger partial charge in [0.25, 0.3) is 0 Å². The molecule has 0 unspecified atom stereocenters. The quantitative estimate of drug-likeness (QED) is 0.925. The zero-order valence-corrected chi connectivity index (χ0v) is 12.2. The smallest absolute Gasteiger partial charge is 0.337 e. The van der Waals surface area contributed by atoms with Crippen molar-refractivity contribution in [3.8, 4) is 0 Å². The maximum Gasteiger partial charge on any atom is 0.337 e. The first-order chi connectivity index (χ1) is 9.49. The summed E-state index contributed by atoms with van der Waals surface area (Å²) in [6, 6.07) is 13.0. The number of carbonyl (C=O) groups is 1. The third kappa shape index (κ3) is 3.11. The molecule has 2 aromatic rings. The average Bonchev–Trinajstić information content (AvgIpc) is 2.41. The molecule has 0 amide bonds. The van der Waals surface area contributed by atoms with Gasteiger partial charge in [0.05, 0.1) is 11.3 Å². The Labute approximate surface area is 123 Å². The van der Waals surface area contributed by atoms with Gasteiger partial charge in [0.1, 0.15) is 0 Å². The first-order valence-electron chi connectivity index (χ1n) is 6.27. The summed E-state index contributed by atoms with van der Waals surface area (Å²) < 4.78 is 0. The second kappa shape index (κ2) is 5.97. The normalized spacial score (nSPS) is 10.3. The van der Waals surface area contributed by atoms with Crippen LogP contribution in [0.3, 0.4) is 0 Å². The Morgan fingerprint density at radius 1 is 1.25 bits per heavy atom. The summed E-state index contributed by atoms with van der Waals surface area (Å²) in [4.78, 5) is 13.2. The third-order valence-corrected chi connectivity index (χ3v) is 3.53. The van der Waals surface area contributed by atoms with Crippen molar-refractivity contribution in [1.82, 2.24) is 0 Å². The minimum atomic E-state index is -0.922. The van der Waals surface area contributed by atoms with Crippen LogP contribution in [0.5, 0.6) is 0 Å². The zero-order chi connectivity index (χ0) is 14.7. The average molecular weight is 290 g/mol. The molecule has 0 aromatic heterocycles. The van der Waals surface area contributed by atoms with Crippen LogP contribution in [0, 0.1) is 6.92 Å². The highest BCUT2D eigenvalue weighted by molar-refractivity contribution is 6.31. The number of halogens is 1. The molecule has 0 atom stereocenters. The number of aromatic carboxylic acids is 1. The molecule has 2 aromatic carbocycles. The Kier molecular flexibility index (Phi) is 4.30. The molecule has 0 fully saturated rings. The lowest BCUT2D eigenvalue weighted by Crippen LogP contribution is -2.19. The molecule has 0 saturated carbocycles. The van der Waals surface area contributed by atoms with Crippen molar-refractivity contribution < 1.29 is 9.90 Å². The lowest BCUT2D eigenvalue weighted by Gasteiger charge is -2.22. The summed E-state index contributed by atoms with van der Waals surface area (Å²) in [5.74, 6) is -0.922. The summed E-state index contributed by atoms with van der Waals surface area (Å²) >= 11 is 6.14. The predicted octanol–water partition coefficient (Wildman–Crippen LogP) is 3.98. The number of nitrogens with zero attached hydrogens (tertiary/aromatic N) is 1. The van der Waals surface area contributed by atoms with E-state index < -0.39 is 5.97 Å². The Morgan fingerprint density at radius 2 is 1.95 bits per heavy atom. The second-order valence-corrected chi connectivity index (χ2v) is 5.18. The van der Waals surface area contributed by atoms with Gasteiger partial charge >= 0.3 is 5.97 Å². The maximum absolute atomic E-state index is 11.3. The van der Waals surface area contributed by atoms with Crippen LogP contribution < -0.4 is 4.90 Å². The van der Waals surface area contributed by atoms with Gasteiger partial charge < -0.3 is 10.0 Å². The highest BCUT2D eigenvalue weighted by atomic mass is 35.5. The highest BCUT2D eigenvalue weighted by Crippen LogP contribution is 2.24. The van der Waals surface area contributed by atoms with E-state index in [2.05, 4.69) is 0 Å². The summed E-state index contributed by atoms with van der Waals surface area (Å²) in [5.41, 5.74) is 2.88. The van der Waals surface area contributed by atoms with Crippen molar-refractivity contribution >= 4 is 23.3 Å². The molecule has 0 spiro atoms. The Bertz CT molecular complexity index is 640. The number of aryl methyl sites for hydroxylation is 1. The lowest BCUT2D eigenvalue weighted by molar-refractivity contribution is 0.0697. The summed E-state index contributed by atoms with van der Waals surface area (Å²) in [5, 5.41) is 9.99. The molecular weight excluding hydrogens is 274 g/mol. The number of rotatable bonds is 4. The summed E-state index contributed by atoms with van der Waals surface area (Å²) in [7, 11) is 1.86. The lowest BCUT2D eigenvalue weighted by atomic mass is 10.1. The fourth-order valence-electron chi connectivity index (χ4n) is 2.12. The SMILES string of the molecule is Cc1ccc(N(C)Cc2ccccc2Cl)c(C(=O)O)c1. The number of hydrogen-bond acceptors (Lipinski definition) is 2. The molecule has 20 heavy (non-hydrogen) atoms. The standard InChI is InChI=1S/C16H16ClNO2/c1-11-7-8-15(13(9-11)16(19)20)18(2)10-12-5-3-4-6-14(12)17/h3-9H,10H2,1-2H3,(H,19,20). The minimum Gasteiger partial charge on any atom is -0.478 e. The van der Waals surface area contributed by atoms with Gasteiger partial charge in [0, 0.05) is 18.6 Å². The van der Waals surface area contributed by atoms with Crippen LogP contribution in [-0.2, 0) is 6.54 Å². The van der Waals surface area contributed by atoms with E-state index in [1.807, 2.05) is 55.3 Å². The maximum atomic E-state index is 11.3. The number of hydrogen-bond donors (Lipinski definition) is 1. The topological polar surface area (TPSA) is 40.5 Å². The van der Waals surface area contributed by atoms with Crippen molar-refractivity contribution in [3.05, 3.63) is 64.2 Å². The van der Waals surface area contributed by atoms with Gasteiger partial charge in [-0.15, -0.1) is 0 Å². The fourth-order valence-corrected chi connectivity index (χ4v) is 2.32. The summed E-state index contributed by atoms with van der Waals surface area (Å²) in [6.07, 6.45) is 0. The van der Waals surface area contributed by atoms with Crippen LogP contribution in [0.4, 0.5) is 5.69 Å². The van der Waals surface area contributed by atoms with Gasteiger partial charge in [-0.2, -0.15) is 0 Å². The van der Waals surface area contributed by atoms with Gasteiger partial charge in [0.15, 0.2) is 0 Å². The molecule has 0 aliphatic rings. The number of benzene rings is 2. The molecular formula is C16H16ClNO2. The molecule has 3 nitrogen and oxygen atoms in total. The highest BCUT2D eigenvalue weighted by Gasteiger charge is 2.14. The fraction of sp³-hybridized carbons (Fsp3) is 0.188. The van der Waals surface area contributed by atoms with Gasteiger partial charge in [0.2, 0.25) is 0 Å². The van der Waals surface area contributed by atoms with E-state index in [4.69, 9.17) is 11.6 Å². The van der Waals surface area contributed by atoms with Crippen molar-refractivity contribution in [1.29, 1.82) is 0 Å². The van der Waals surface area contributed by atoms with E-state index in [1.165, 1.54) is 0 Å². The van der Waals surface area contributed by atoms with Crippen molar-refractivity contribution in [2.75, 3.05) is 11.9 Å². The van der Waals surface area contributed by atoms with Crippen molar-refractivity contribution in [3.63, 3.8) is 0 Å². The molecule has 0 radical (unpaired) electrons. The Balaban J connectivity index is 2.32. The van der Waals surface area contributed by atoms with Crippen molar-refractivity contribution in [2.45, 2.75) is 13.5 Å². The molecule has 0 aliphatic carbocycles.